The molecule has 2 atom stereocenters. The largest absolute Gasteiger partial charge is 0.416 e. The van der Waals surface area contributed by atoms with Crippen LogP contribution in [0.1, 0.15) is 17.2 Å². The van der Waals surface area contributed by atoms with E-state index in [4.69, 9.17) is 5.73 Å². The number of nitrogens with two attached hydrogens (primary N) is 1. The van der Waals surface area contributed by atoms with Crippen molar-refractivity contribution in [2.24, 2.45) is 5.73 Å². The highest BCUT2D eigenvalue weighted by Gasteiger charge is 2.47. The number of carbonyl (C=O) groups excluding carboxylic acids is 1. The Hall–Kier alpha value is -2.34. The third kappa shape index (κ3) is 2.35. The number of alkyl halides is 3. The monoisotopic (exact) mass is 306 g/mol. The van der Waals surface area contributed by atoms with Gasteiger partial charge in [-0.2, -0.15) is 13.2 Å². The predicted molar refractivity (Wildman–Crippen MR) is 76.1 cm³/mol. The minimum atomic E-state index is -4.45. The molecular weight excluding hydrogens is 293 g/mol. The maximum Gasteiger partial charge on any atom is 0.416 e. The van der Waals surface area contributed by atoms with Crippen molar-refractivity contribution in [2.45, 2.75) is 18.3 Å². The maximum absolute atomic E-state index is 12.8. The van der Waals surface area contributed by atoms with Crippen LogP contribution in [-0.2, 0) is 11.0 Å². The highest BCUT2D eigenvalue weighted by molar-refractivity contribution is 6.05. The lowest BCUT2D eigenvalue weighted by atomic mass is 9.88. The number of hydrogen-bond acceptors (Lipinski definition) is 2. The molecular formula is C16H13F3N2O. The van der Waals surface area contributed by atoms with E-state index in [-0.39, 0.29) is 11.6 Å². The Kier molecular flexibility index (Phi) is 3.41. The van der Waals surface area contributed by atoms with Gasteiger partial charge in [-0.25, -0.2) is 0 Å². The van der Waals surface area contributed by atoms with Crippen LogP contribution in [0.25, 0.3) is 0 Å². The third-order valence-corrected chi connectivity index (χ3v) is 3.73. The number of rotatable bonds is 2. The van der Waals surface area contributed by atoms with Gasteiger partial charge in [-0.1, -0.05) is 36.4 Å². The Morgan fingerprint density at radius 1 is 1.00 bits per heavy atom. The minimum absolute atomic E-state index is 0.204. The van der Waals surface area contributed by atoms with Crippen molar-refractivity contribution < 1.29 is 18.0 Å². The summed E-state index contributed by atoms with van der Waals surface area (Å²) in [5.74, 6) is -0.381. The van der Waals surface area contributed by atoms with Gasteiger partial charge in [0, 0.05) is 5.69 Å². The molecule has 1 heterocycles. The Morgan fingerprint density at radius 2 is 1.68 bits per heavy atom. The lowest BCUT2D eigenvalue weighted by Crippen LogP contribution is -2.63. The van der Waals surface area contributed by atoms with Gasteiger partial charge in [0.1, 0.15) is 6.04 Å². The fourth-order valence-corrected chi connectivity index (χ4v) is 2.64. The first-order valence-electron chi connectivity index (χ1n) is 6.70. The summed E-state index contributed by atoms with van der Waals surface area (Å²) < 4.78 is 38.5. The van der Waals surface area contributed by atoms with Gasteiger partial charge in [0.05, 0.1) is 11.6 Å². The zero-order valence-corrected chi connectivity index (χ0v) is 11.4. The highest BCUT2D eigenvalue weighted by Crippen LogP contribution is 2.40. The first kappa shape index (κ1) is 14.6. The molecule has 1 aliphatic rings. The number of β-lactam (4-membered cyclic amide) rings is 1. The third-order valence-electron chi connectivity index (χ3n) is 3.73. The minimum Gasteiger partial charge on any atom is -0.318 e. The Morgan fingerprint density at radius 3 is 2.32 bits per heavy atom. The second-order valence-corrected chi connectivity index (χ2v) is 5.14. The van der Waals surface area contributed by atoms with Crippen LogP contribution in [0.5, 0.6) is 0 Å². The molecule has 2 aromatic carbocycles. The average molecular weight is 306 g/mol. The standard InChI is InChI=1S/C16H13F3N2O/c17-16(18,19)11-7-4-8-12(9-11)21-14(13(20)15(21)22)10-5-2-1-3-6-10/h1-9,13-14H,20H2/t13-,14-/m1/s1. The van der Waals surface area contributed by atoms with E-state index in [0.29, 0.717) is 0 Å². The van der Waals surface area contributed by atoms with Crippen LogP contribution in [0.2, 0.25) is 0 Å². The second kappa shape index (κ2) is 5.14. The van der Waals surface area contributed by atoms with Crippen molar-refractivity contribution in [1.82, 2.24) is 0 Å². The molecule has 114 valence electrons. The zero-order valence-electron chi connectivity index (χ0n) is 11.4. The molecule has 22 heavy (non-hydrogen) atoms. The molecule has 3 nitrogen and oxygen atoms in total. The van der Waals surface area contributed by atoms with E-state index in [0.717, 1.165) is 17.7 Å². The molecule has 1 amide bonds. The topological polar surface area (TPSA) is 46.3 Å². The van der Waals surface area contributed by atoms with E-state index in [1.54, 1.807) is 24.3 Å². The fourth-order valence-electron chi connectivity index (χ4n) is 2.64. The Labute approximate surface area is 125 Å². The molecule has 6 heteroatoms. The molecule has 2 N–H and O–H groups in total. The van der Waals surface area contributed by atoms with Crippen LogP contribution in [-0.4, -0.2) is 11.9 Å². The number of anilines is 1. The molecule has 1 aliphatic heterocycles. The number of benzene rings is 2. The lowest BCUT2D eigenvalue weighted by molar-refractivity contribution is -0.137. The van der Waals surface area contributed by atoms with Crippen LogP contribution in [0.15, 0.2) is 54.6 Å². The van der Waals surface area contributed by atoms with Gasteiger partial charge in [0.15, 0.2) is 0 Å². The van der Waals surface area contributed by atoms with Crippen molar-refractivity contribution in [3.63, 3.8) is 0 Å². The molecule has 1 saturated heterocycles. The van der Waals surface area contributed by atoms with Gasteiger partial charge >= 0.3 is 6.18 Å². The van der Waals surface area contributed by atoms with E-state index >= 15 is 0 Å². The van der Waals surface area contributed by atoms with Crippen molar-refractivity contribution in [3.8, 4) is 0 Å². The molecule has 0 bridgehead atoms. The Balaban J connectivity index is 1.98. The normalized spacial score (nSPS) is 21.6. The number of carbonyl (C=O) groups is 1. The van der Waals surface area contributed by atoms with E-state index in [1.165, 1.54) is 17.0 Å². The average Bonchev–Trinajstić information content (AvgIpc) is 2.51. The van der Waals surface area contributed by atoms with E-state index in [1.807, 2.05) is 6.07 Å². The van der Waals surface area contributed by atoms with Gasteiger partial charge < -0.3 is 10.6 Å². The summed E-state index contributed by atoms with van der Waals surface area (Å²) in [6.07, 6.45) is -4.45. The zero-order chi connectivity index (χ0) is 15.9. The first-order valence-corrected chi connectivity index (χ1v) is 6.70. The fraction of sp³-hybridized carbons (Fsp3) is 0.188. The van der Waals surface area contributed by atoms with Crippen molar-refractivity contribution in [1.29, 1.82) is 0 Å². The van der Waals surface area contributed by atoms with E-state index in [2.05, 4.69) is 0 Å². The molecule has 0 aliphatic carbocycles. The van der Waals surface area contributed by atoms with Crippen LogP contribution in [0, 0.1) is 0 Å². The van der Waals surface area contributed by atoms with Crippen molar-refractivity contribution in [3.05, 3.63) is 65.7 Å². The lowest BCUT2D eigenvalue weighted by Gasteiger charge is -2.45. The van der Waals surface area contributed by atoms with E-state index in [9.17, 15) is 18.0 Å². The number of amides is 1. The van der Waals surface area contributed by atoms with Crippen molar-refractivity contribution in [2.75, 3.05) is 4.90 Å². The molecule has 0 unspecified atom stereocenters. The smallest absolute Gasteiger partial charge is 0.318 e. The first-order chi connectivity index (χ1) is 10.4. The van der Waals surface area contributed by atoms with E-state index < -0.39 is 23.8 Å². The van der Waals surface area contributed by atoms with Crippen molar-refractivity contribution >= 4 is 11.6 Å². The molecule has 0 spiro atoms. The molecule has 2 aromatic rings. The Bertz CT molecular complexity index is 700. The van der Waals surface area contributed by atoms with Gasteiger partial charge in [-0.15, -0.1) is 0 Å². The van der Waals surface area contributed by atoms with Crippen LogP contribution < -0.4 is 10.6 Å². The quantitative estimate of drug-likeness (QED) is 0.867. The van der Waals surface area contributed by atoms with Gasteiger partial charge in [0.2, 0.25) is 5.91 Å². The number of hydrogen-bond donors (Lipinski definition) is 1. The second-order valence-electron chi connectivity index (χ2n) is 5.14. The van der Waals surface area contributed by atoms with Gasteiger partial charge in [-0.3, -0.25) is 4.79 Å². The summed E-state index contributed by atoms with van der Waals surface area (Å²) in [5.41, 5.74) is 6.05. The number of halogens is 3. The summed E-state index contributed by atoms with van der Waals surface area (Å²) in [5, 5.41) is 0. The van der Waals surface area contributed by atoms with Crippen LogP contribution in [0.4, 0.5) is 18.9 Å². The molecule has 0 radical (unpaired) electrons. The summed E-state index contributed by atoms with van der Waals surface area (Å²) in [6.45, 7) is 0. The molecule has 1 fully saturated rings. The molecule has 0 saturated carbocycles. The summed E-state index contributed by atoms with van der Waals surface area (Å²) in [4.78, 5) is 13.3. The van der Waals surface area contributed by atoms with Crippen LogP contribution in [0.3, 0.4) is 0 Å². The van der Waals surface area contributed by atoms with Gasteiger partial charge in [-0.05, 0) is 23.8 Å². The van der Waals surface area contributed by atoms with Gasteiger partial charge in [0.25, 0.3) is 0 Å². The molecule has 0 aromatic heterocycles. The number of nitrogens with zero attached hydrogens (tertiary/aromatic N) is 1. The summed E-state index contributed by atoms with van der Waals surface area (Å²) >= 11 is 0. The SMILES string of the molecule is N[C@H]1C(=O)N(c2cccc(C(F)(F)F)c2)[C@@H]1c1ccccc1. The van der Waals surface area contributed by atoms with Crippen LogP contribution >= 0.6 is 0 Å². The maximum atomic E-state index is 12.8. The summed E-state index contributed by atoms with van der Waals surface area (Å²) in [6, 6.07) is 12.6. The summed E-state index contributed by atoms with van der Waals surface area (Å²) in [7, 11) is 0. The highest BCUT2D eigenvalue weighted by atomic mass is 19.4. The molecule has 3 rings (SSSR count). The predicted octanol–water partition coefficient (Wildman–Crippen LogP) is 3.12.